The number of nitrogens with two attached hydrogens (primary N) is 1. The summed E-state index contributed by atoms with van der Waals surface area (Å²) in [5.74, 6) is 1.95. The van der Waals surface area contributed by atoms with Crippen molar-refractivity contribution >= 4 is 51.0 Å². The Kier molecular flexibility index (Phi) is 5.89. The molecule has 0 aliphatic rings. The molecule has 5 rings (SSSR count). The number of benzene rings is 1. The number of nitrogens with zero attached hydrogens (tertiary/aromatic N) is 4. The van der Waals surface area contributed by atoms with Crippen LogP contribution in [0.25, 0.3) is 21.5 Å². The lowest BCUT2D eigenvalue weighted by atomic mass is 9.93. The maximum absolute atomic E-state index is 12.4. The van der Waals surface area contributed by atoms with Crippen molar-refractivity contribution in [2.45, 2.75) is 33.1 Å². The van der Waals surface area contributed by atoms with Crippen molar-refractivity contribution in [1.29, 1.82) is 0 Å². The van der Waals surface area contributed by atoms with E-state index < -0.39 is 5.91 Å². The van der Waals surface area contributed by atoms with Crippen LogP contribution < -0.4 is 16.4 Å². The summed E-state index contributed by atoms with van der Waals surface area (Å²) in [7, 11) is 0. The largest absolute Gasteiger partial charge is 0.366 e. The zero-order valence-electron chi connectivity index (χ0n) is 20.3. The maximum atomic E-state index is 12.4. The van der Waals surface area contributed by atoms with Gasteiger partial charge in [-0.15, -0.1) is 11.3 Å². The van der Waals surface area contributed by atoms with Crippen LogP contribution in [0.2, 0.25) is 0 Å². The summed E-state index contributed by atoms with van der Waals surface area (Å²) in [5, 5.41) is 14.4. The topological polar surface area (TPSA) is 132 Å². The van der Waals surface area contributed by atoms with Crippen LogP contribution in [0.5, 0.6) is 0 Å². The average Bonchev–Trinajstić information content (AvgIpc) is 3.51. The summed E-state index contributed by atoms with van der Waals surface area (Å²) in [6.07, 6.45) is 5.13. The van der Waals surface area contributed by atoms with Gasteiger partial charge in [0, 0.05) is 51.8 Å². The first kappa shape index (κ1) is 23.4. The number of thiophene rings is 1. The summed E-state index contributed by atoms with van der Waals surface area (Å²) in [5.41, 5.74) is 8.33. The predicted molar refractivity (Wildman–Crippen MR) is 142 cm³/mol. The van der Waals surface area contributed by atoms with Crippen LogP contribution in [0.15, 0.2) is 58.8 Å². The van der Waals surface area contributed by atoms with Crippen LogP contribution in [-0.2, 0) is 5.41 Å². The van der Waals surface area contributed by atoms with Gasteiger partial charge < -0.3 is 20.9 Å². The summed E-state index contributed by atoms with van der Waals surface area (Å²) in [6.45, 7) is 8.02. The van der Waals surface area contributed by atoms with Crippen molar-refractivity contribution in [3.63, 3.8) is 0 Å². The van der Waals surface area contributed by atoms with E-state index in [2.05, 4.69) is 30.7 Å². The highest BCUT2D eigenvalue weighted by atomic mass is 32.1. The van der Waals surface area contributed by atoms with E-state index in [0.717, 1.165) is 38.3 Å². The number of hydrogen-bond donors (Lipinski definition) is 3. The molecule has 9 nitrogen and oxygen atoms in total. The summed E-state index contributed by atoms with van der Waals surface area (Å²) >= 11 is 1.53. The van der Waals surface area contributed by atoms with Crippen molar-refractivity contribution in [1.82, 2.24) is 20.1 Å². The molecule has 36 heavy (non-hydrogen) atoms. The normalized spacial score (nSPS) is 11.6. The summed E-state index contributed by atoms with van der Waals surface area (Å²) in [6, 6.07) is 9.27. The number of fused-ring (bicyclic) bond motifs is 1. The quantitative estimate of drug-likeness (QED) is 0.262. The zero-order chi connectivity index (χ0) is 25.4. The second-order valence-electron chi connectivity index (χ2n) is 9.39. The Morgan fingerprint density at radius 2 is 1.81 bits per heavy atom. The van der Waals surface area contributed by atoms with Gasteiger partial charge in [0.2, 0.25) is 5.91 Å². The van der Waals surface area contributed by atoms with Crippen molar-refractivity contribution < 1.29 is 9.32 Å². The third-order valence-corrected chi connectivity index (χ3v) is 6.67. The van der Waals surface area contributed by atoms with Gasteiger partial charge in [-0.3, -0.25) is 4.79 Å². The second-order valence-corrected chi connectivity index (χ2v) is 10.3. The molecule has 0 radical (unpaired) electrons. The van der Waals surface area contributed by atoms with Crippen LogP contribution in [0.3, 0.4) is 0 Å². The van der Waals surface area contributed by atoms with Crippen LogP contribution in [0, 0.1) is 6.92 Å². The number of anilines is 4. The Hall–Kier alpha value is -4.31. The Balaban J connectivity index is 1.57. The van der Waals surface area contributed by atoms with Crippen LogP contribution in [0.4, 0.5) is 23.0 Å². The van der Waals surface area contributed by atoms with E-state index >= 15 is 0 Å². The minimum absolute atomic E-state index is 0.184. The van der Waals surface area contributed by atoms with Gasteiger partial charge in [-0.1, -0.05) is 25.9 Å². The van der Waals surface area contributed by atoms with E-state index in [0.29, 0.717) is 23.0 Å². The van der Waals surface area contributed by atoms with Crippen molar-refractivity contribution in [2.75, 3.05) is 10.6 Å². The standard InChI is InChI=1S/C26H25N7O2S/c1-14-17(23(27)34)11-18-16(6-9-30-24(18)32-21-12-20(35-33-21)26(2,3)4)22(14)31-15-10-19(36-13-15)25-28-7-5-8-29-25/h5-13,31H,1-4H3,(H2,27,34)(H,30,32,33). The van der Waals surface area contributed by atoms with Gasteiger partial charge in [-0.25, -0.2) is 15.0 Å². The molecule has 1 amide bonds. The smallest absolute Gasteiger partial charge is 0.249 e. The van der Waals surface area contributed by atoms with E-state index in [1.165, 1.54) is 11.3 Å². The fourth-order valence-corrected chi connectivity index (χ4v) is 4.63. The molecule has 0 fully saturated rings. The van der Waals surface area contributed by atoms with Gasteiger partial charge >= 0.3 is 0 Å². The molecule has 0 spiro atoms. The number of primary amides is 1. The highest BCUT2D eigenvalue weighted by Gasteiger charge is 2.21. The number of rotatable bonds is 6. The molecular formula is C26H25N7O2S. The third-order valence-electron chi connectivity index (χ3n) is 5.74. The predicted octanol–water partition coefficient (Wildman–Crippen LogP) is 5.93. The van der Waals surface area contributed by atoms with E-state index in [4.69, 9.17) is 10.3 Å². The molecule has 182 valence electrons. The number of amides is 1. The molecular weight excluding hydrogens is 474 g/mol. The van der Waals surface area contributed by atoms with Gasteiger partial charge in [0.1, 0.15) is 11.6 Å². The SMILES string of the molecule is Cc1c(C(N)=O)cc2c(Nc3cc(C(C)(C)C)on3)nccc2c1Nc1csc(-c2ncccn2)c1. The highest BCUT2D eigenvalue weighted by molar-refractivity contribution is 7.14. The van der Waals surface area contributed by atoms with E-state index in [9.17, 15) is 4.79 Å². The third kappa shape index (κ3) is 4.50. The lowest BCUT2D eigenvalue weighted by Gasteiger charge is -2.17. The van der Waals surface area contributed by atoms with Crippen LogP contribution in [-0.4, -0.2) is 26.0 Å². The first-order chi connectivity index (χ1) is 17.2. The minimum Gasteiger partial charge on any atom is -0.366 e. The summed E-state index contributed by atoms with van der Waals surface area (Å²) in [4.78, 5) is 26.4. The molecule has 0 aliphatic heterocycles. The van der Waals surface area contributed by atoms with E-state index in [-0.39, 0.29) is 5.41 Å². The fourth-order valence-electron chi connectivity index (χ4n) is 3.84. The van der Waals surface area contributed by atoms with Crippen molar-refractivity contribution in [2.24, 2.45) is 5.73 Å². The molecule has 4 aromatic heterocycles. The molecule has 0 aliphatic carbocycles. The number of carbonyl (C=O) groups is 1. The Morgan fingerprint density at radius 3 is 2.50 bits per heavy atom. The molecule has 4 heterocycles. The summed E-state index contributed by atoms with van der Waals surface area (Å²) < 4.78 is 5.50. The molecule has 0 atom stereocenters. The zero-order valence-corrected chi connectivity index (χ0v) is 21.1. The molecule has 0 saturated carbocycles. The number of pyridine rings is 1. The average molecular weight is 500 g/mol. The fraction of sp³-hybridized carbons (Fsp3) is 0.192. The molecule has 5 aromatic rings. The van der Waals surface area contributed by atoms with Gasteiger partial charge in [0.25, 0.3) is 0 Å². The lowest BCUT2D eigenvalue weighted by molar-refractivity contribution is 0.1000. The van der Waals surface area contributed by atoms with Gasteiger partial charge in [-0.05, 0) is 36.8 Å². The number of aromatic nitrogens is 4. The number of carbonyl (C=O) groups excluding carboxylic acids is 1. The van der Waals surface area contributed by atoms with Gasteiger partial charge in [0.05, 0.1) is 16.3 Å². The first-order valence-corrected chi connectivity index (χ1v) is 12.2. The molecule has 0 saturated heterocycles. The van der Waals surface area contributed by atoms with Gasteiger partial charge in [-0.2, -0.15) is 0 Å². The molecule has 10 heteroatoms. The molecule has 0 bridgehead atoms. The molecule has 4 N–H and O–H groups in total. The maximum Gasteiger partial charge on any atom is 0.249 e. The van der Waals surface area contributed by atoms with Crippen LogP contribution >= 0.6 is 11.3 Å². The lowest BCUT2D eigenvalue weighted by Crippen LogP contribution is -2.14. The highest BCUT2D eigenvalue weighted by Crippen LogP contribution is 2.38. The van der Waals surface area contributed by atoms with Gasteiger partial charge in [0.15, 0.2) is 11.6 Å². The monoisotopic (exact) mass is 499 g/mol. The second kappa shape index (κ2) is 9.04. The van der Waals surface area contributed by atoms with Crippen LogP contribution in [0.1, 0.15) is 42.5 Å². The van der Waals surface area contributed by atoms with Crippen molar-refractivity contribution in [3.05, 3.63) is 71.2 Å². The van der Waals surface area contributed by atoms with E-state index in [1.807, 2.05) is 51.3 Å². The Morgan fingerprint density at radius 1 is 1.03 bits per heavy atom. The first-order valence-electron chi connectivity index (χ1n) is 11.3. The number of nitrogens with one attached hydrogen (secondary N) is 2. The van der Waals surface area contributed by atoms with E-state index in [1.54, 1.807) is 30.7 Å². The van der Waals surface area contributed by atoms with Crippen molar-refractivity contribution in [3.8, 4) is 10.7 Å². The molecule has 1 aromatic carbocycles. The Labute approximate surface area is 211 Å². The number of hydrogen-bond acceptors (Lipinski definition) is 9. The Bertz CT molecular complexity index is 1570. The molecule has 0 unspecified atom stereocenters. The minimum atomic E-state index is -0.521.